The Balaban J connectivity index is 2.83. The Bertz CT molecular complexity index is 595. The summed E-state index contributed by atoms with van der Waals surface area (Å²) in [6.07, 6.45) is 0. The van der Waals surface area contributed by atoms with Gasteiger partial charge in [-0.2, -0.15) is 5.26 Å². The fourth-order valence-electron chi connectivity index (χ4n) is 1.64. The maximum atomic E-state index is 12.1. The molecular formula is C15H16N2O3. The number of benzene rings is 1. The van der Waals surface area contributed by atoms with E-state index in [9.17, 15) is 9.59 Å². The zero-order valence-corrected chi connectivity index (χ0v) is 11.7. The highest BCUT2D eigenvalue weighted by atomic mass is 16.4. The van der Waals surface area contributed by atoms with Crippen molar-refractivity contribution in [3.05, 3.63) is 46.5 Å². The number of aliphatic carboxylic acids is 1. The summed E-state index contributed by atoms with van der Waals surface area (Å²) in [6.45, 7) is 3.26. The molecule has 0 bridgehead atoms. The molecule has 1 aromatic rings. The van der Waals surface area contributed by atoms with Crippen molar-refractivity contribution in [1.82, 2.24) is 4.90 Å². The number of hydrogen-bond acceptors (Lipinski definition) is 3. The van der Waals surface area contributed by atoms with E-state index < -0.39 is 5.97 Å². The molecule has 20 heavy (non-hydrogen) atoms. The minimum Gasteiger partial charge on any atom is -0.478 e. The van der Waals surface area contributed by atoms with Crippen LogP contribution in [0.4, 0.5) is 0 Å². The molecule has 104 valence electrons. The number of hydrogen-bond donors (Lipinski definition) is 1. The summed E-state index contributed by atoms with van der Waals surface area (Å²) in [5.41, 5.74) is 1.69. The first-order valence-electron chi connectivity index (χ1n) is 6.02. The van der Waals surface area contributed by atoms with E-state index >= 15 is 0 Å². The first-order chi connectivity index (χ1) is 9.36. The zero-order chi connectivity index (χ0) is 15.3. The lowest BCUT2D eigenvalue weighted by Gasteiger charge is -2.18. The Morgan fingerprint density at radius 3 is 2.20 bits per heavy atom. The third kappa shape index (κ3) is 3.69. The SMILES string of the molecule is CC(C(=O)O)=C(C)C(=O)N(C)Cc1ccc(C#N)cc1. The van der Waals surface area contributed by atoms with Gasteiger partial charge in [-0.05, 0) is 31.5 Å². The Labute approximate surface area is 117 Å². The van der Waals surface area contributed by atoms with Gasteiger partial charge in [-0.3, -0.25) is 4.79 Å². The molecule has 5 heteroatoms. The molecule has 0 aliphatic carbocycles. The number of nitriles is 1. The van der Waals surface area contributed by atoms with Gasteiger partial charge in [0.15, 0.2) is 0 Å². The van der Waals surface area contributed by atoms with Crippen molar-refractivity contribution >= 4 is 11.9 Å². The normalized spacial score (nSPS) is 11.3. The van der Waals surface area contributed by atoms with Gasteiger partial charge in [-0.25, -0.2) is 4.79 Å². The van der Waals surface area contributed by atoms with Crippen LogP contribution in [0.5, 0.6) is 0 Å². The number of amides is 1. The monoisotopic (exact) mass is 272 g/mol. The van der Waals surface area contributed by atoms with E-state index in [4.69, 9.17) is 10.4 Å². The largest absolute Gasteiger partial charge is 0.478 e. The molecule has 0 aliphatic rings. The Hall–Kier alpha value is -2.61. The molecule has 1 rings (SSSR count). The quantitative estimate of drug-likeness (QED) is 0.849. The summed E-state index contributed by atoms with van der Waals surface area (Å²) in [6, 6.07) is 8.92. The lowest BCUT2D eigenvalue weighted by Crippen LogP contribution is -2.28. The van der Waals surface area contributed by atoms with E-state index in [2.05, 4.69) is 0 Å². The van der Waals surface area contributed by atoms with Crippen LogP contribution in [0.3, 0.4) is 0 Å². The topological polar surface area (TPSA) is 81.4 Å². The van der Waals surface area contributed by atoms with E-state index in [1.54, 1.807) is 31.3 Å². The molecule has 1 N–H and O–H groups in total. The van der Waals surface area contributed by atoms with Crippen molar-refractivity contribution in [2.75, 3.05) is 7.05 Å². The standard InChI is InChI=1S/C15H16N2O3/c1-10(11(2)15(19)20)14(18)17(3)9-13-6-4-12(8-16)5-7-13/h4-7H,9H2,1-3H3,(H,19,20). The summed E-state index contributed by atoms with van der Waals surface area (Å²) >= 11 is 0. The highest BCUT2D eigenvalue weighted by Crippen LogP contribution is 2.11. The molecule has 1 amide bonds. The van der Waals surface area contributed by atoms with Crippen molar-refractivity contribution in [3.63, 3.8) is 0 Å². The Morgan fingerprint density at radius 2 is 1.75 bits per heavy atom. The molecule has 0 fully saturated rings. The van der Waals surface area contributed by atoms with E-state index in [0.717, 1.165) is 5.56 Å². The van der Waals surface area contributed by atoms with Crippen LogP contribution in [0.2, 0.25) is 0 Å². The second-order valence-electron chi connectivity index (χ2n) is 4.53. The minimum absolute atomic E-state index is 0.0432. The molecule has 5 nitrogen and oxygen atoms in total. The van der Waals surface area contributed by atoms with Crippen LogP contribution in [-0.4, -0.2) is 28.9 Å². The van der Waals surface area contributed by atoms with Gasteiger partial charge < -0.3 is 10.0 Å². The second kappa shape index (κ2) is 6.53. The first kappa shape index (κ1) is 15.4. The number of nitrogens with zero attached hydrogens (tertiary/aromatic N) is 2. The maximum absolute atomic E-state index is 12.1. The van der Waals surface area contributed by atoms with Crippen LogP contribution in [0.25, 0.3) is 0 Å². The number of carboxylic acids is 1. The van der Waals surface area contributed by atoms with Crippen molar-refractivity contribution < 1.29 is 14.7 Å². The van der Waals surface area contributed by atoms with Gasteiger partial charge in [-0.15, -0.1) is 0 Å². The summed E-state index contributed by atoms with van der Waals surface area (Å²) in [5, 5.41) is 17.6. The molecule has 0 unspecified atom stereocenters. The van der Waals surface area contributed by atoms with Crippen molar-refractivity contribution in [2.45, 2.75) is 20.4 Å². The van der Waals surface area contributed by atoms with Crippen molar-refractivity contribution in [2.24, 2.45) is 0 Å². The van der Waals surface area contributed by atoms with Crippen LogP contribution in [0, 0.1) is 11.3 Å². The molecule has 1 aromatic carbocycles. The summed E-state index contributed by atoms with van der Waals surface area (Å²) < 4.78 is 0. The van der Waals surface area contributed by atoms with E-state index in [1.165, 1.54) is 18.7 Å². The van der Waals surface area contributed by atoms with E-state index in [-0.39, 0.29) is 17.1 Å². The fraction of sp³-hybridized carbons (Fsp3) is 0.267. The lowest BCUT2D eigenvalue weighted by atomic mass is 10.1. The van der Waals surface area contributed by atoms with Gasteiger partial charge in [-0.1, -0.05) is 12.1 Å². The average molecular weight is 272 g/mol. The zero-order valence-electron chi connectivity index (χ0n) is 11.7. The lowest BCUT2D eigenvalue weighted by molar-refractivity contribution is -0.133. The molecule has 0 spiro atoms. The average Bonchev–Trinajstić information content (AvgIpc) is 2.45. The molecule has 0 heterocycles. The van der Waals surface area contributed by atoms with Crippen LogP contribution in [-0.2, 0) is 16.1 Å². The number of likely N-dealkylation sites (N-methyl/N-ethyl adjacent to an activating group) is 1. The minimum atomic E-state index is -1.09. The molecule has 0 radical (unpaired) electrons. The van der Waals surface area contributed by atoms with Crippen molar-refractivity contribution in [3.8, 4) is 6.07 Å². The number of carbonyl (C=O) groups is 2. The Morgan fingerprint density at radius 1 is 1.20 bits per heavy atom. The first-order valence-corrected chi connectivity index (χ1v) is 6.02. The number of carboxylic acid groups (broad SMARTS) is 1. The van der Waals surface area contributed by atoms with Gasteiger partial charge in [0, 0.05) is 24.7 Å². The molecule has 0 aromatic heterocycles. The van der Waals surface area contributed by atoms with Gasteiger partial charge in [0.1, 0.15) is 0 Å². The van der Waals surface area contributed by atoms with E-state index in [0.29, 0.717) is 12.1 Å². The number of rotatable bonds is 4. The van der Waals surface area contributed by atoms with Crippen LogP contribution >= 0.6 is 0 Å². The molecule has 0 atom stereocenters. The van der Waals surface area contributed by atoms with Gasteiger partial charge in [0.25, 0.3) is 0 Å². The van der Waals surface area contributed by atoms with Gasteiger partial charge >= 0.3 is 5.97 Å². The highest BCUT2D eigenvalue weighted by molar-refractivity contribution is 6.01. The molecule has 0 saturated heterocycles. The van der Waals surface area contributed by atoms with Crippen LogP contribution in [0.1, 0.15) is 25.0 Å². The summed E-state index contributed by atoms with van der Waals surface area (Å²) in [5.74, 6) is -1.42. The third-order valence-electron chi connectivity index (χ3n) is 3.05. The smallest absolute Gasteiger partial charge is 0.331 e. The third-order valence-corrected chi connectivity index (χ3v) is 3.05. The fourth-order valence-corrected chi connectivity index (χ4v) is 1.64. The second-order valence-corrected chi connectivity index (χ2v) is 4.53. The number of carbonyl (C=O) groups excluding carboxylic acids is 1. The van der Waals surface area contributed by atoms with Crippen LogP contribution in [0.15, 0.2) is 35.4 Å². The molecular weight excluding hydrogens is 256 g/mol. The predicted molar refractivity (Wildman–Crippen MR) is 73.6 cm³/mol. The summed E-state index contributed by atoms with van der Waals surface area (Å²) in [7, 11) is 1.61. The van der Waals surface area contributed by atoms with Crippen molar-refractivity contribution in [1.29, 1.82) is 5.26 Å². The Kier molecular flexibility index (Phi) is 5.04. The van der Waals surface area contributed by atoms with Crippen LogP contribution < -0.4 is 0 Å². The molecule has 0 aliphatic heterocycles. The molecule has 0 saturated carbocycles. The van der Waals surface area contributed by atoms with E-state index in [1.807, 2.05) is 6.07 Å². The summed E-state index contributed by atoms with van der Waals surface area (Å²) in [4.78, 5) is 24.4. The highest BCUT2D eigenvalue weighted by Gasteiger charge is 2.16. The van der Waals surface area contributed by atoms with Gasteiger partial charge in [0.2, 0.25) is 5.91 Å². The van der Waals surface area contributed by atoms with Gasteiger partial charge in [0.05, 0.1) is 11.6 Å². The maximum Gasteiger partial charge on any atom is 0.331 e. The predicted octanol–water partition coefficient (Wildman–Crippen LogP) is 1.94.